The Hall–Kier alpha value is -2.81. The lowest BCUT2D eigenvalue weighted by molar-refractivity contribution is 0.0815. The molecule has 1 fully saturated rings. The van der Waals surface area contributed by atoms with Crippen molar-refractivity contribution < 1.29 is 9.53 Å². The van der Waals surface area contributed by atoms with Crippen LogP contribution in [0.25, 0.3) is 0 Å². The van der Waals surface area contributed by atoms with Crippen LogP contribution >= 0.6 is 0 Å². The van der Waals surface area contributed by atoms with Crippen LogP contribution in [0.4, 0.5) is 5.82 Å². The molecule has 0 aromatic carbocycles. The first kappa shape index (κ1) is 19.9. The third-order valence-electron chi connectivity index (χ3n) is 4.89. The highest BCUT2D eigenvalue weighted by molar-refractivity contribution is 5.90. The molecule has 1 saturated heterocycles. The summed E-state index contributed by atoms with van der Waals surface area (Å²) in [6, 6.07) is 2.56. The maximum atomic E-state index is 12.3. The van der Waals surface area contributed by atoms with Crippen LogP contribution in [-0.2, 0) is 6.54 Å². The van der Waals surface area contributed by atoms with Crippen molar-refractivity contribution in [2.45, 2.75) is 32.9 Å². The third-order valence-corrected chi connectivity index (χ3v) is 4.89. The van der Waals surface area contributed by atoms with Gasteiger partial charge in [0.2, 0.25) is 5.82 Å². The number of hydrogen-bond donors (Lipinski definition) is 1. The average Bonchev–Trinajstić information content (AvgIpc) is 3.16. The Morgan fingerprint density at radius 3 is 2.82 bits per heavy atom. The summed E-state index contributed by atoms with van der Waals surface area (Å²) < 4.78 is 5.07. The molecule has 1 amide bonds. The van der Waals surface area contributed by atoms with Crippen LogP contribution in [0.15, 0.2) is 12.3 Å². The van der Waals surface area contributed by atoms with Gasteiger partial charge in [0, 0.05) is 57.2 Å². The lowest BCUT2D eigenvalue weighted by Gasteiger charge is -2.22. The number of ether oxygens (including phenoxy) is 1. The second-order valence-corrected chi connectivity index (χ2v) is 7.13. The summed E-state index contributed by atoms with van der Waals surface area (Å²) in [7, 11) is 4.97. The minimum absolute atomic E-state index is 0.184. The summed E-state index contributed by atoms with van der Waals surface area (Å²) in [6.07, 6.45) is 2.68. The number of carbonyl (C=O) groups is 1. The van der Waals surface area contributed by atoms with Crippen LogP contribution in [-0.4, -0.2) is 71.1 Å². The zero-order chi connectivity index (χ0) is 20.3. The molecule has 1 aliphatic rings. The molecule has 9 heteroatoms. The van der Waals surface area contributed by atoms with Crippen LogP contribution < -0.4 is 15.0 Å². The number of aryl methyl sites for hydroxylation is 1. The van der Waals surface area contributed by atoms with E-state index in [1.54, 1.807) is 27.4 Å². The van der Waals surface area contributed by atoms with Gasteiger partial charge in [-0.3, -0.25) is 4.79 Å². The van der Waals surface area contributed by atoms with Gasteiger partial charge in [0.25, 0.3) is 5.91 Å². The topological polar surface area (TPSA) is 96.4 Å². The van der Waals surface area contributed by atoms with E-state index in [1.165, 1.54) is 4.90 Å². The minimum Gasteiger partial charge on any atom is -0.467 e. The first-order valence-corrected chi connectivity index (χ1v) is 9.30. The molecule has 0 aliphatic carbocycles. The zero-order valence-electron chi connectivity index (χ0n) is 17.1. The summed E-state index contributed by atoms with van der Waals surface area (Å²) >= 11 is 0. The van der Waals surface area contributed by atoms with Crippen molar-refractivity contribution in [2.75, 3.05) is 39.2 Å². The van der Waals surface area contributed by atoms with Crippen LogP contribution in [0, 0.1) is 13.8 Å². The van der Waals surface area contributed by atoms with Crippen molar-refractivity contribution in [1.82, 2.24) is 30.2 Å². The molecule has 0 saturated carbocycles. The Morgan fingerprint density at radius 1 is 1.32 bits per heavy atom. The molecule has 3 rings (SSSR count). The summed E-state index contributed by atoms with van der Waals surface area (Å²) in [5, 5.41) is 3.53. The standard InChI is InChI=1S/C19H27N7O2/c1-12-13(2)22-16(18(27)25(3)4)24-17(12)26-9-7-15(11-26)21-10-14-6-8-20-19(23-14)28-5/h6,8,15,21H,7,9-11H2,1-5H3/t15-/m1/s1. The molecule has 0 spiro atoms. The first-order valence-electron chi connectivity index (χ1n) is 9.30. The van der Waals surface area contributed by atoms with E-state index < -0.39 is 0 Å². The maximum absolute atomic E-state index is 12.3. The summed E-state index contributed by atoms with van der Waals surface area (Å²) in [5.41, 5.74) is 2.73. The first-order chi connectivity index (χ1) is 13.4. The van der Waals surface area contributed by atoms with E-state index in [-0.39, 0.29) is 11.7 Å². The largest absolute Gasteiger partial charge is 0.467 e. The molecular weight excluding hydrogens is 358 g/mol. The molecule has 1 N–H and O–H groups in total. The Balaban J connectivity index is 1.68. The molecule has 0 unspecified atom stereocenters. The van der Waals surface area contributed by atoms with Crippen molar-refractivity contribution in [3.05, 3.63) is 35.0 Å². The summed E-state index contributed by atoms with van der Waals surface area (Å²) in [5.74, 6) is 0.897. The second kappa shape index (κ2) is 8.47. The van der Waals surface area contributed by atoms with Gasteiger partial charge < -0.3 is 19.9 Å². The Labute approximate surface area is 165 Å². The van der Waals surface area contributed by atoms with Crippen LogP contribution in [0.1, 0.15) is 34.0 Å². The van der Waals surface area contributed by atoms with Crippen molar-refractivity contribution in [2.24, 2.45) is 0 Å². The number of carbonyl (C=O) groups excluding carboxylic acids is 1. The predicted molar refractivity (Wildman–Crippen MR) is 106 cm³/mol. The van der Waals surface area contributed by atoms with Crippen molar-refractivity contribution >= 4 is 11.7 Å². The van der Waals surface area contributed by atoms with E-state index in [0.29, 0.717) is 18.6 Å². The van der Waals surface area contributed by atoms with Crippen molar-refractivity contribution in [3.63, 3.8) is 0 Å². The van der Waals surface area contributed by atoms with Crippen LogP contribution in [0.3, 0.4) is 0 Å². The number of anilines is 1. The van der Waals surface area contributed by atoms with Gasteiger partial charge >= 0.3 is 6.01 Å². The Kier molecular flexibility index (Phi) is 6.03. The number of nitrogens with one attached hydrogen (secondary N) is 1. The maximum Gasteiger partial charge on any atom is 0.316 e. The lowest BCUT2D eigenvalue weighted by atomic mass is 10.2. The Bertz CT molecular complexity index is 856. The molecular formula is C19H27N7O2. The van der Waals surface area contributed by atoms with E-state index in [0.717, 1.165) is 42.3 Å². The predicted octanol–water partition coefficient (Wildman–Crippen LogP) is 0.962. The number of hydrogen-bond acceptors (Lipinski definition) is 8. The van der Waals surface area contributed by atoms with Gasteiger partial charge in [-0.25, -0.2) is 15.0 Å². The van der Waals surface area contributed by atoms with Gasteiger partial charge in [0.1, 0.15) is 5.82 Å². The minimum atomic E-state index is -0.184. The van der Waals surface area contributed by atoms with E-state index in [2.05, 4.69) is 30.2 Å². The molecule has 150 valence electrons. The van der Waals surface area contributed by atoms with Gasteiger partial charge in [-0.1, -0.05) is 0 Å². The number of amides is 1. The number of rotatable bonds is 6. The fourth-order valence-corrected chi connectivity index (χ4v) is 3.16. The highest BCUT2D eigenvalue weighted by Crippen LogP contribution is 2.24. The second-order valence-electron chi connectivity index (χ2n) is 7.13. The molecule has 1 atom stereocenters. The van der Waals surface area contributed by atoms with Gasteiger partial charge in [0.05, 0.1) is 12.8 Å². The molecule has 3 heterocycles. The quantitative estimate of drug-likeness (QED) is 0.786. The van der Waals surface area contributed by atoms with E-state index in [4.69, 9.17) is 4.74 Å². The van der Waals surface area contributed by atoms with Gasteiger partial charge in [-0.2, -0.15) is 4.98 Å². The van der Waals surface area contributed by atoms with Crippen LogP contribution in [0.5, 0.6) is 6.01 Å². The fourth-order valence-electron chi connectivity index (χ4n) is 3.16. The van der Waals surface area contributed by atoms with Gasteiger partial charge in [-0.05, 0) is 26.3 Å². The molecule has 28 heavy (non-hydrogen) atoms. The summed E-state index contributed by atoms with van der Waals surface area (Å²) in [6.45, 7) is 6.25. The van der Waals surface area contributed by atoms with Gasteiger partial charge in [-0.15, -0.1) is 0 Å². The normalized spacial score (nSPS) is 16.3. The number of nitrogens with zero attached hydrogens (tertiary/aromatic N) is 6. The average molecular weight is 385 g/mol. The highest BCUT2D eigenvalue weighted by atomic mass is 16.5. The van der Waals surface area contributed by atoms with Crippen molar-refractivity contribution in [1.29, 1.82) is 0 Å². The molecule has 0 bridgehead atoms. The molecule has 9 nitrogen and oxygen atoms in total. The molecule has 2 aromatic rings. The smallest absolute Gasteiger partial charge is 0.316 e. The highest BCUT2D eigenvalue weighted by Gasteiger charge is 2.26. The van der Waals surface area contributed by atoms with Gasteiger partial charge in [0.15, 0.2) is 0 Å². The summed E-state index contributed by atoms with van der Waals surface area (Å²) in [4.78, 5) is 33.3. The molecule has 2 aromatic heterocycles. The molecule has 0 radical (unpaired) electrons. The van der Waals surface area contributed by atoms with E-state index in [1.807, 2.05) is 19.9 Å². The monoisotopic (exact) mass is 385 g/mol. The number of aromatic nitrogens is 4. The van der Waals surface area contributed by atoms with Crippen molar-refractivity contribution in [3.8, 4) is 6.01 Å². The zero-order valence-corrected chi connectivity index (χ0v) is 17.1. The fraction of sp³-hybridized carbons (Fsp3) is 0.526. The number of methoxy groups -OCH3 is 1. The van der Waals surface area contributed by atoms with Crippen LogP contribution in [0.2, 0.25) is 0 Å². The van der Waals surface area contributed by atoms with E-state index in [9.17, 15) is 4.79 Å². The van der Waals surface area contributed by atoms with E-state index >= 15 is 0 Å². The molecule has 1 aliphatic heterocycles. The SMILES string of the molecule is COc1nccc(CN[C@@H]2CCN(c3nc(C(=O)N(C)C)nc(C)c3C)C2)n1. The Morgan fingerprint density at radius 2 is 2.11 bits per heavy atom. The third kappa shape index (κ3) is 4.36. The lowest BCUT2D eigenvalue weighted by Crippen LogP contribution is -2.33.